The average molecular weight is 284 g/mol. The van der Waals surface area contributed by atoms with Gasteiger partial charge in [-0.3, -0.25) is 0 Å². The number of methoxy groups -OCH3 is 1. The number of nitrogens with one attached hydrogen (secondary N) is 1. The van der Waals surface area contributed by atoms with E-state index < -0.39 is 0 Å². The van der Waals surface area contributed by atoms with E-state index in [1.165, 1.54) is 38.8 Å². The first kappa shape index (κ1) is 16.2. The standard InChI is InChI=1S/C16H32N2O2/c1-4-20-15-12-14(16(15)19-3)17-9-7-11-18-10-6-5-8-13(18)2/h13-17H,4-12H2,1-3H3. The second kappa shape index (κ2) is 8.32. The maximum Gasteiger partial charge on any atom is 0.0986 e. The van der Waals surface area contributed by atoms with E-state index in [0.717, 1.165) is 25.6 Å². The minimum Gasteiger partial charge on any atom is -0.377 e. The summed E-state index contributed by atoms with van der Waals surface area (Å²) in [5, 5.41) is 3.63. The highest BCUT2D eigenvalue weighted by molar-refractivity contribution is 4.97. The van der Waals surface area contributed by atoms with Crippen molar-refractivity contribution in [2.24, 2.45) is 0 Å². The van der Waals surface area contributed by atoms with E-state index in [4.69, 9.17) is 9.47 Å². The first-order valence-corrected chi connectivity index (χ1v) is 8.38. The molecule has 2 rings (SSSR count). The number of piperidine rings is 1. The summed E-state index contributed by atoms with van der Waals surface area (Å²) in [6.07, 6.45) is 7.02. The van der Waals surface area contributed by atoms with E-state index in [-0.39, 0.29) is 6.10 Å². The first-order valence-electron chi connectivity index (χ1n) is 8.38. The van der Waals surface area contributed by atoms with Gasteiger partial charge in [-0.05, 0) is 59.2 Å². The molecule has 4 nitrogen and oxygen atoms in total. The molecule has 1 saturated carbocycles. The lowest BCUT2D eigenvalue weighted by Crippen LogP contribution is -2.60. The summed E-state index contributed by atoms with van der Waals surface area (Å²) in [5.41, 5.74) is 0. The van der Waals surface area contributed by atoms with Crippen LogP contribution in [0.2, 0.25) is 0 Å². The number of hydrogen-bond acceptors (Lipinski definition) is 4. The zero-order chi connectivity index (χ0) is 14.4. The van der Waals surface area contributed by atoms with Crippen molar-refractivity contribution >= 4 is 0 Å². The predicted molar refractivity (Wildman–Crippen MR) is 82.1 cm³/mol. The molecule has 4 atom stereocenters. The fourth-order valence-electron chi connectivity index (χ4n) is 3.53. The van der Waals surface area contributed by atoms with Crippen LogP contribution in [0.3, 0.4) is 0 Å². The first-order chi connectivity index (χ1) is 9.76. The maximum absolute atomic E-state index is 5.65. The van der Waals surface area contributed by atoms with Gasteiger partial charge in [-0.1, -0.05) is 6.42 Å². The smallest absolute Gasteiger partial charge is 0.0986 e. The van der Waals surface area contributed by atoms with Gasteiger partial charge in [-0.2, -0.15) is 0 Å². The van der Waals surface area contributed by atoms with Gasteiger partial charge in [0.2, 0.25) is 0 Å². The van der Waals surface area contributed by atoms with Gasteiger partial charge < -0.3 is 19.7 Å². The molecule has 2 aliphatic rings. The molecule has 118 valence electrons. The van der Waals surface area contributed by atoms with Crippen LogP contribution in [0, 0.1) is 0 Å². The topological polar surface area (TPSA) is 33.7 Å². The molecular formula is C16H32N2O2. The Morgan fingerprint density at radius 3 is 2.85 bits per heavy atom. The summed E-state index contributed by atoms with van der Waals surface area (Å²) in [6, 6.07) is 1.26. The summed E-state index contributed by atoms with van der Waals surface area (Å²) in [6.45, 7) is 8.81. The summed E-state index contributed by atoms with van der Waals surface area (Å²) in [4.78, 5) is 2.64. The molecule has 1 aliphatic heterocycles. The molecule has 4 unspecified atom stereocenters. The van der Waals surface area contributed by atoms with Gasteiger partial charge in [0, 0.05) is 25.8 Å². The van der Waals surface area contributed by atoms with Crippen LogP contribution in [0.1, 0.15) is 46.0 Å². The summed E-state index contributed by atoms with van der Waals surface area (Å²) < 4.78 is 11.2. The molecule has 20 heavy (non-hydrogen) atoms. The SMILES string of the molecule is CCOC1CC(NCCCN2CCCCC2C)C1OC. The fraction of sp³-hybridized carbons (Fsp3) is 1.00. The third-order valence-corrected chi connectivity index (χ3v) is 4.87. The molecule has 4 heteroatoms. The number of rotatable bonds is 8. The second-order valence-corrected chi connectivity index (χ2v) is 6.22. The van der Waals surface area contributed by atoms with Gasteiger partial charge in [0.15, 0.2) is 0 Å². The molecule has 1 aliphatic carbocycles. The van der Waals surface area contributed by atoms with Crippen LogP contribution >= 0.6 is 0 Å². The molecule has 0 spiro atoms. The third-order valence-electron chi connectivity index (χ3n) is 4.87. The Morgan fingerprint density at radius 2 is 2.15 bits per heavy atom. The van der Waals surface area contributed by atoms with Gasteiger partial charge in [0.05, 0.1) is 12.2 Å². The molecule has 0 amide bonds. The molecule has 1 heterocycles. The normalized spacial score (nSPS) is 35.0. The summed E-state index contributed by atoms with van der Waals surface area (Å²) in [5.74, 6) is 0. The highest BCUT2D eigenvalue weighted by Crippen LogP contribution is 2.26. The molecule has 0 aromatic rings. The summed E-state index contributed by atoms with van der Waals surface area (Å²) in [7, 11) is 1.79. The van der Waals surface area contributed by atoms with E-state index in [1.807, 2.05) is 6.92 Å². The fourth-order valence-corrected chi connectivity index (χ4v) is 3.53. The van der Waals surface area contributed by atoms with Crippen molar-refractivity contribution in [3.8, 4) is 0 Å². The zero-order valence-corrected chi connectivity index (χ0v) is 13.4. The van der Waals surface area contributed by atoms with E-state index >= 15 is 0 Å². The van der Waals surface area contributed by atoms with Crippen molar-refractivity contribution < 1.29 is 9.47 Å². The van der Waals surface area contributed by atoms with Crippen LogP contribution in [0.5, 0.6) is 0 Å². The number of ether oxygens (including phenoxy) is 2. The Bertz CT molecular complexity index is 275. The average Bonchev–Trinajstić information content (AvgIpc) is 2.43. The van der Waals surface area contributed by atoms with Crippen LogP contribution in [0.25, 0.3) is 0 Å². The Hall–Kier alpha value is -0.160. The minimum absolute atomic E-state index is 0.240. The van der Waals surface area contributed by atoms with Crippen LogP contribution in [0.15, 0.2) is 0 Å². The van der Waals surface area contributed by atoms with Crippen molar-refractivity contribution in [1.29, 1.82) is 0 Å². The van der Waals surface area contributed by atoms with Crippen molar-refractivity contribution in [2.75, 3.05) is 33.4 Å². The van der Waals surface area contributed by atoms with Crippen LogP contribution in [0.4, 0.5) is 0 Å². The Labute approximate surface area is 124 Å². The summed E-state index contributed by atoms with van der Waals surface area (Å²) >= 11 is 0. The quantitative estimate of drug-likeness (QED) is 0.692. The van der Waals surface area contributed by atoms with Crippen LogP contribution < -0.4 is 5.32 Å². The lowest BCUT2D eigenvalue weighted by Gasteiger charge is -2.43. The zero-order valence-electron chi connectivity index (χ0n) is 13.4. The van der Waals surface area contributed by atoms with E-state index in [1.54, 1.807) is 7.11 Å². The predicted octanol–water partition coefficient (Wildman–Crippen LogP) is 2.03. The molecule has 1 saturated heterocycles. The van der Waals surface area contributed by atoms with Crippen LogP contribution in [-0.2, 0) is 9.47 Å². The molecule has 0 bridgehead atoms. The Morgan fingerprint density at radius 1 is 1.30 bits per heavy atom. The van der Waals surface area contributed by atoms with Crippen molar-refractivity contribution in [3.63, 3.8) is 0 Å². The molecule has 0 radical (unpaired) electrons. The van der Waals surface area contributed by atoms with Gasteiger partial charge in [-0.25, -0.2) is 0 Å². The molecule has 0 aromatic carbocycles. The number of hydrogen-bond donors (Lipinski definition) is 1. The molecule has 1 N–H and O–H groups in total. The van der Waals surface area contributed by atoms with E-state index in [2.05, 4.69) is 17.1 Å². The largest absolute Gasteiger partial charge is 0.377 e. The molecular weight excluding hydrogens is 252 g/mol. The van der Waals surface area contributed by atoms with Crippen LogP contribution in [-0.4, -0.2) is 62.5 Å². The number of nitrogens with zero attached hydrogens (tertiary/aromatic N) is 1. The van der Waals surface area contributed by atoms with Crippen molar-refractivity contribution in [1.82, 2.24) is 10.2 Å². The lowest BCUT2D eigenvalue weighted by atomic mass is 9.85. The maximum atomic E-state index is 5.65. The van der Waals surface area contributed by atoms with Gasteiger partial charge in [-0.15, -0.1) is 0 Å². The van der Waals surface area contributed by atoms with Gasteiger partial charge in [0.25, 0.3) is 0 Å². The minimum atomic E-state index is 0.240. The third kappa shape index (κ3) is 4.17. The Balaban J connectivity index is 1.57. The Kier molecular flexibility index (Phi) is 6.75. The lowest BCUT2D eigenvalue weighted by molar-refractivity contribution is -0.131. The highest BCUT2D eigenvalue weighted by atomic mass is 16.5. The van der Waals surface area contributed by atoms with Crippen molar-refractivity contribution in [3.05, 3.63) is 0 Å². The van der Waals surface area contributed by atoms with Crippen molar-refractivity contribution in [2.45, 2.75) is 70.2 Å². The van der Waals surface area contributed by atoms with Gasteiger partial charge >= 0.3 is 0 Å². The highest BCUT2D eigenvalue weighted by Gasteiger charge is 2.41. The second-order valence-electron chi connectivity index (χ2n) is 6.22. The van der Waals surface area contributed by atoms with E-state index in [0.29, 0.717) is 12.1 Å². The number of likely N-dealkylation sites (tertiary alicyclic amines) is 1. The van der Waals surface area contributed by atoms with Gasteiger partial charge in [0.1, 0.15) is 0 Å². The monoisotopic (exact) mass is 284 g/mol. The molecule has 0 aromatic heterocycles. The van der Waals surface area contributed by atoms with E-state index in [9.17, 15) is 0 Å². The molecule has 2 fully saturated rings.